The number of hydrogen-bond acceptors (Lipinski definition) is 4. The number of hydrogen-bond donors (Lipinski definition) is 0. The number of benzene rings is 1. The molecular weight excluding hydrogens is 288 g/mol. The van der Waals surface area contributed by atoms with Gasteiger partial charge in [0, 0.05) is 18.0 Å². The third-order valence-electron chi connectivity index (χ3n) is 3.52. The summed E-state index contributed by atoms with van der Waals surface area (Å²) in [5.74, 6) is 0.664. The van der Waals surface area contributed by atoms with Crippen LogP contribution in [0.1, 0.15) is 21.7 Å². The summed E-state index contributed by atoms with van der Waals surface area (Å²) >= 11 is 3.21. The van der Waals surface area contributed by atoms with Gasteiger partial charge in [0.1, 0.15) is 0 Å². The number of aromatic nitrogens is 1. The number of carbonyl (C=O) groups is 1. The van der Waals surface area contributed by atoms with Crippen molar-refractivity contribution < 1.29 is 4.79 Å². The van der Waals surface area contributed by atoms with Crippen molar-refractivity contribution in [3.8, 4) is 0 Å². The van der Waals surface area contributed by atoms with Gasteiger partial charge < -0.3 is 4.90 Å². The van der Waals surface area contributed by atoms with Crippen LogP contribution < -0.4 is 0 Å². The number of thiazole rings is 1. The Morgan fingerprint density at radius 3 is 2.50 bits per heavy atom. The Labute approximate surface area is 127 Å². The van der Waals surface area contributed by atoms with Crippen LogP contribution in [-0.4, -0.2) is 21.5 Å². The molecule has 0 fully saturated rings. The Hall–Kier alpha value is -1.33. The van der Waals surface area contributed by atoms with Crippen LogP contribution in [0.25, 0.3) is 0 Å². The molecule has 2 aromatic rings. The first-order valence-corrected chi connectivity index (χ1v) is 8.35. The van der Waals surface area contributed by atoms with Gasteiger partial charge in [0.05, 0.1) is 11.4 Å². The first-order valence-electron chi connectivity index (χ1n) is 6.55. The second-order valence-electron chi connectivity index (χ2n) is 4.93. The van der Waals surface area contributed by atoms with E-state index in [0.29, 0.717) is 5.75 Å². The van der Waals surface area contributed by atoms with E-state index in [1.807, 2.05) is 24.0 Å². The third kappa shape index (κ3) is 2.74. The van der Waals surface area contributed by atoms with E-state index in [2.05, 4.69) is 24.0 Å². The molecule has 0 radical (unpaired) electrons. The van der Waals surface area contributed by atoms with Gasteiger partial charge in [-0.25, -0.2) is 4.98 Å². The number of nitrogens with zero attached hydrogens (tertiary/aromatic N) is 2. The van der Waals surface area contributed by atoms with Crippen molar-refractivity contribution in [2.24, 2.45) is 0 Å². The molecule has 0 bridgehead atoms. The van der Waals surface area contributed by atoms with Crippen LogP contribution in [0.2, 0.25) is 0 Å². The molecular formula is C15H16N2OS2. The second-order valence-corrected chi connectivity index (χ2v) is 7.35. The van der Waals surface area contributed by atoms with Gasteiger partial charge in [0.15, 0.2) is 4.34 Å². The SMILES string of the molecule is Cc1nc(SCC(=O)N2Cc3ccccc3C2)sc1C. The predicted molar refractivity (Wildman–Crippen MR) is 83.0 cm³/mol. The standard InChI is InChI=1S/C15H16N2OS2/c1-10-11(2)20-15(16-10)19-9-14(18)17-7-12-5-3-4-6-13(12)8-17/h3-6H,7-9H2,1-2H3. The van der Waals surface area contributed by atoms with Gasteiger partial charge >= 0.3 is 0 Å². The van der Waals surface area contributed by atoms with Crippen molar-refractivity contribution in [3.05, 3.63) is 46.0 Å². The zero-order valence-electron chi connectivity index (χ0n) is 11.5. The van der Waals surface area contributed by atoms with E-state index in [0.717, 1.165) is 23.1 Å². The quantitative estimate of drug-likeness (QED) is 0.815. The molecule has 3 nitrogen and oxygen atoms in total. The van der Waals surface area contributed by atoms with E-state index >= 15 is 0 Å². The second kappa shape index (κ2) is 5.58. The van der Waals surface area contributed by atoms with Crippen LogP contribution in [0.5, 0.6) is 0 Å². The van der Waals surface area contributed by atoms with E-state index in [9.17, 15) is 4.79 Å². The van der Waals surface area contributed by atoms with Crippen LogP contribution in [0.3, 0.4) is 0 Å². The van der Waals surface area contributed by atoms with Gasteiger partial charge in [0.25, 0.3) is 0 Å². The fourth-order valence-electron chi connectivity index (χ4n) is 2.23. The highest BCUT2D eigenvalue weighted by Gasteiger charge is 2.22. The van der Waals surface area contributed by atoms with Crippen LogP contribution in [-0.2, 0) is 17.9 Å². The summed E-state index contributed by atoms with van der Waals surface area (Å²) in [4.78, 5) is 19.9. The molecule has 1 aromatic heterocycles. The minimum Gasteiger partial charge on any atom is -0.333 e. The highest BCUT2D eigenvalue weighted by Crippen LogP contribution is 2.28. The number of fused-ring (bicyclic) bond motifs is 1. The molecule has 20 heavy (non-hydrogen) atoms. The van der Waals surface area contributed by atoms with Crippen LogP contribution in [0, 0.1) is 13.8 Å². The maximum absolute atomic E-state index is 12.3. The zero-order valence-corrected chi connectivity index (χ0v) is 13.2. The van der Waals surface area contributed by atoms with Crippen molar-refractivity contribution in [2.75, 3.05) is 5.75 Å². The molecule has 0 atom stereocenters. The predicted octanol–water partition coefficient (Wildman–Crippen LogP) is 3.39. The van der Waals surface area contributed by atoms with Gasteiger partial charge in [0.2, 0.25) is 5.91 Å². The smallest absolute Gasteiger partial charge is 0.233 e. The summed E-state index contributed by atoms with van der Waals surface area (Å²) in [5, 5.41) is 0. The Bertz CT molecular complexity index is 607. The van der Waals surface area contributed by atoms with Gasteiger partial charge in [-0.05, 0) is 25.0 Å². The molecule has 1 aliphatic rings. The number of thioether (sulfide) groups is 1. The van der Waals surface area contributed by atoms with E-state index in [1.54, 1.807) is 23.1 Å². The number of rotatable bonds is 3. The number of carbonyl (C=O) groups excluding carboxylic acids is 1. The first kappa shape index (κ1) is 13.6. The Kier molecular flexibility index (Phi) is 3.81. The topological polar surface area (TPSA) is 33.2 Å². The highest BCUT2D eigenvalue weighted by atomic mass is 32.2. The van der Waals surface area contributed by atoms with Gasteiger partial charge in [-0.15, -0.1) is 11.3 Å². The molecule has 1 aromatic carbocycles. The highest BCUT2D eigenvalue weighted by molar-refractivity contribution is 8.01. The summed E-state index contributed by atoms with van der Waals surface area (Å²) < 4.78 is 0.991. The fourth-order valence-corrected chi connectivity index (χ4v) is 4.29. The minimum atomic E-state index is 0.191. The van der Waals surface area contributed by atoms with E-state index in [4.69, 9.17) is 0 Å². The molecule has 1 aliphatic heterocycles. The van der Waals surface area contributed by atoms with Crippen molar-refractivity contribution in [1.29, 1.82) is 0 Å². The summed E-state index contributed by atoms with van der Waals surface area (Å²) in [6, 6.07) is 8.26. The van der Waals surface area contributed by atoms with Gasteiger partial charge in [-0.3, -0.25) is 4.79 Å². The zero-order chi connectivity index (χ0) is 14.1. The first-order chi connectivity index (χ1) is 9.63. The molecule has 0 spiro atoms. The fraction of sp³-hybridized carbons (Fsp3) is 0.333. The maximum Gasteiger partial charge on any atom is 0.233 e. The lowest BCUT2D eigenvalue weighted by molar-refractivity contribution is -0.128. The minimum absolute atomic E-state index is 0.191. The normalized spacial score (nSPS) is 13.6. The van der Waals surface area contributed by atoms with Crippen LogP contribution in [0.4, 0.5) is 0 Å². The number of amides is 1. The van der Waals surface area contributed by atoms with Crippen molar-refractivity contribution >= 4 is 29.0 Å². The van der Waals surface area contributed by atoms with Crippen molar-refractivity contribution in [3.63, 3.8) is 0 Å². The molecule has 5 heteroatoms. The summed E-state index contributed by atoms with van der Waals surface area (Å²) in [7, 11) is 0. The molecule has 0 unspecified atom stereocenters. The largest absolute Gasteiger partial charge is 0.333 e. The summed E-state index contributed by atoms with van der Waals surface area (Å²) in [6.45, 7) is 5.56. The van der Waals surface area contributed by atoms with Crippen LogP contribution in [0.15, 0.2) is 28.6 Å². The monoisotopic (exact) mass is 304 g/mol. The van der Waals surface area contributed by atoms with E-state index in [1.165, 1.54) is 16.0 Å². The van der Waals surface area contributed by atoms with E-state index in [-0.39, 0.29) is 5.91 Å². The molecule has 1 amide bonds. The molecule has 104 valence electrons. The lowest BCUT2D eigenvalue weighted by Gasteiger charge is -2.14. The van der Waals surface area contributed by atoms with Crippen molar-refractivity contribution in [2.45, 2.75) is 31.3 Å². The molecule has 0 saturated carbocycles. The van der Waals surface area contributed by atoms with Gasteiger partial charge in [-0.1, -0.05) is 36.0 Å². The van der Waals surface area contributed by atoms with E-state index < -0.39 is 0 Å². The molecule has 2 heterocycles. The van der Waals surface area contributed by atoms with Crippen molar-refractivity contribution in [1.82, 2.24) is 9.88 Å². The molecule has 0 N–H and O–H groups in total. The summed E-state index contributed by atoms with van der Waals surface area (Å²) in [5.41, 5.74) is 3.61. The number of aryl methyl sites for hydroxylation is 2. The molecule has 0 aliphatic carbocycles. The average molecular weight is 304 g/mol. The van der Waals surface area contributed by atoms with Crippen LogP contribution >= 0.6 is 23.1 Å². The lowest BCUT2D eigenvalue weighted by atomic mass is 10.1. The maximum atomic E-state index is 12.3. The average Bonchev–Trinajstić information content (AvgIpc) is 3.00. The molecule has 3 rings (SSSR count). The molecule has 0 saturated heterocycles. The lowest BCUT2D eigenvalue weighted by Crippen LogP contribution is -2.26. The summed E-state index contributed by atoms with van der Waals surface area (Å²) in [6.07, 6.45) is 0. The Morgan fingerprint density at radius 1 is 1.30 bits per heavy atom. The third-order valence-corrected chi connectivity index (χ3v) is 5.72. The Balaban J connectivity index is 1.59. The Morgan fingerprint density at radius 2 is 1.95 bits per heavy atom. The van der Waals surface area contributed by atoms with Gasteiger partial charge in [-0.2, -0.15) is 0 Å².